The molecule has 1 aromatic carbocycles. The largest absolute Gasteiger partial charge is 0.398 e. The molecular formula is C14H21BrN2O3S. The molecule has 0 aliphatic heterocycles. The standard InChI is InChI=1S/C14H21BrN2O3S/c1-9-13(16)5-12(15)6-14(9)21(19,20)17-7-10-3-2-4-11(10)8-18/h5-6,10-11,17-18H,2-4,7-8,16H2,1H3. The molecule has 2 atom stereocenters. The summed E-state index contributed by atoms with van der Waals surface area (Å²) in [5.41, 5.74) is 6.82. The first-order valence-electron chi connectivity index (χ1n) is 7.01. The van der Waals surface area contributed by atoms with E-state index >= 15 is 0 Å². The minimum absolute atomic E-state index is 0.120. The van der Waals surface area contributed by atoms with Gasteiger partial charge in [-0.25, -0.2) is 13.1 Å². The number of aliphatic hydroxyl groups excluding tert-OH is 1. The van der Waals surface area contributed by atoms with Crippen LogP contribution in [0.15, 0.2) is 21.5 Å². The Labute approximate surface area is 134 Å². The van der Waals surface area contributed by atoms with Crippen molar-refractivity contribution in [3.8, 4) is 0 Å². The van der Waals surface area contributed by atoms with Crippen molar-refractivity contribution >= 4 is 31.6 Å². The van der Waals surface area contributed by atoms with Gasteiger partial charge >= 0.3 is 0 Å². The van der Waals surface area contributed by atoms with Crippen molar-refractivity contribution in [3.63, 3.8) is 0 Å². The highest BCUT2D eigenvalue weighted by molar-refractivity contribution is 9.10. The van der Waals surface area contributed by atoms with Gasteiger partial charge in [-0.15, -0.1) is 0 Å². The number of rotatable bonds is 5. The number of benzene rings is 1. The molecule has 118 valence electrons. The molecule has 2 rings (SSSR count). The lowest BCUT2D eigenvalue weighted by atomic mass is 9.97. The van der Waals surface area contributed by atoms with Gasteiger partial charge in [0.15, 0.2) is 0 Å². The zero-order valence-electron chi connectivity index (χ0n) is 12.0. The van der Waals surface area contributed by atoms with Gasteiger partial charge in [0, 0.05) is 23.3 Å². The van der Waals surface area contributed by atoms with Crippen LogP contribution in [0.3, 0.4) is 0 Å². The summed E-state index contributed by atoms with van der Waals surface area (Å²) in [5.74, 6) is 0.399. The van der Waals surface area contributed by atoms with E-state index < -0.39 is 10.0 Å². The van der Waals surface area contributed by atoms with Gasteiger partial charge in [-0.2, -0.15) is 0 Å². The number of sulfonamides is 1. The van der Waals surface area contributed by atoms with Crippen molar-refractivity contribution in [2.45, 2.75) is 31.1 Å². The lowest BCUT2D eigenvalue weighted by Gasteiger charge is -2.18. The summed E-state index contributed by atoms with van der Waals surface area (Å²) in [5, 5.41) is 9.30. The minimum atomic E-state index is -3.60. The lowest BCUT2D eigenvalue weighted by molar-refractivity contribution is 0.195. The Hall–Kier alpha value is -0.630. The maximum absolute atomic E-state index is 12.5. The van der Waals surface area contributed by atoms with Gasteiger partial charge in [0.1, 0.15) is 0 Å². The molecule has 0 bridgehead atoms. The normalized spacial score (nSPS) is 22.6. The molecular weight excluding hydrogens is 356 g/mol. The predicted molar refractivity (Wildman–Crippen MR) is 86.4 cm³/mol. The number of aliphatic hydroxyl groups is 1. The van der Waals surface area contributed by atoms with Crippen molar-refractivity contribution in [1.29, 1.82) is 0 Å². The smallest absolute Gasteiger partial charge is 0.240 e. The van der Waals surface area contributed by atoms with E-state index in [0.29, 0.717) is 22.3 Å². The van der Waals surface area contributed by atoms with Crippen LogP contribution in [-0.4, -0.2) is 26.7 Å². The molecule has 0 aromatic heterocycles. The highest BCUT2D eigenvalue weighted by Crippen LogP contribution is 2.31. The number of nitrogens with two attached hydrogens (primary N) is 1. The molecule has 1 fully saturated rings. The maximum Gasteiger partial charge on any atom is 0.240 e. The Balaban J connectivity index is 2.16. The molecule has 0 heterocycles. The predicted octanol–water partition coefficient (Wildman–Crippen LogP) is 2.03. The van der Waals surface area contributed by atoms with E-state index in [9.17, 15) is 13.5 Å². The summed E-state index contributed by atoms with van der Waals surface area (Å²) < 4.78 is 28.2. The van der Waals surface area contributed by atoms with Crippen LogP contribution in [0.25, 0.3) is 0 Å². The monoisotopic (exact) mass is 376 g/mol. The van der Waals surface area contributed by atoms with Crippen LogP contribution in [0.2, 0.25) is 0 Å². The zero-order chi connectivity index (χ0) is 15.6. The van der Waals surface area contributed by atoms with E-state index in [1.165, 1.54) is 0 Å². The molecule has 0 amide bonds. The molecule has 0 spiro atoms. The average Bonchev–Trinajstić information content (AvgIpc) is 2.88. The van der Waals surface area contributed by atoms with Crippen molar-refractivity contribution in [1.82, 2.24) is 4.72 Å². The van der Waals surface area contributed by atoms with Crippen LogP contribution in [0.5, 0.6) is 0 Å². The third-order valence-corrected chi connectivity index (χ3v) is 6.25. The van der Waals surface area contributed by atoms with Crippen molar-refractivity contribution < 1.29 is 13.5 Å². The van der Waals surface area contributed by atoms with Crippen LogP contribution in [0.4, 0.5) is 5.69 Å². The fourth-order valence-corrected chi connectivity index (χ4v) is 4.89. The molecule has 4 N–H and O–H groups in total. The maximum atomic E-state index is 12.5. The molecule has 21 heavy (non-hydrogen) atoms. The van der Waals surface area contributed by atoms with Gasteiger partial charge in [-0.1, -0.05) is 22.4 Å². The number of anilines is 1. The summed E-state index contributed by atoms with van der Waals surface area (Å²) in [6.07, 6.45) is 2.96. The first-order chi connectivity index (χ1) is 9.85. The Kier molecular flexibility index (Phi) is 5.29. The first kappa shape index (κ1) is 16.7. The Morgan fingerprint density at radius 3 is 2.71 bits per heavy atom. The highest BCUT2D eigenvalue weighted by Gasteiger charge is 2.28. The van der Waals surface area contributed by atoms with Gasteiger partial charge in [0.25, 0.3) is 0 Å². The molecule has 5 nitrogen and oxygen atoms in total. The first-order valence-corrected chi connectivity index (χ1v) is 9.29. The van der Waals surface area contributed by atoms with E-state index in [-0.39, 0.29) is 23.3 Å². The fourth-order valence-electron chi connectivity index (χ4n) is 2.87. The zero-order valence-corrected chi connectivity index (χ0v) is 14.4. The van der Waals surface area contributed by atoms with Crippen LogP contribution >= 0.6 is 15.9 Å². The highest BCUT2D eigenvalue weighted by atomic mass is 79.9. The number of hydrogen-bond acceptors (Lipinski definition) is 4. The fraction of sp³-hybridized carbons (Fsp3) is 0.571. The Morgan fingerprint density at radius 2 is 2.05 bits per heavy atom. The van der Waals surface area contributed by atoms with E-state index in [1.54, 1.807) is 19.1 Å². The molecule has 1 saturated carbocycles. The number of halogens is 1. The molecule has 1 aliphatic carbocycles. The number of nitrogens with one attached hydrogen (secondary N) is 1. The van der Waals surface area contributed by atoms with E-state index in [0.717, 1.165) is 19.3 Å². The molecule has 1 aromatic rings. The van der Waals surface area contributed by atoms with Gasteiger partial charge < -0.3 is 10.8 Å². The van der Waals surface area contributed by atoms with Gasteiger partial charge in [0.2, 0.25) is 10.0 Å². The third-order valence-electron chi connectivity index (χ3n) is 4.24. The van der Waals surface area contributed by atoms with Gasteiger partial charge in [0.05, 0.1) is 4.90 Å². The Bertz CT molecular complexity index is 619. The third kappa shape index (κ3) is 3.77. The van der Waals surface area contributed by atoms with Gasteiger partial charge in [-0.05, 0) is 49.3 Å². The lowest BCUT2D eigenvalue weighted by Crippen LogP contribution is -2.32. The second-order valence-corrected chi connectivity index (χ2v) is 8.25. The second-order valence-electron chi connectivity index (χ2n) is 5.60. The summed E-state index contributed by atoms with van der Waals surface area (Å²) in [4.78, 5) is 0.202. The van der Waals surface area contributed by atoms with Crippen molar-refractivity contribution in [2.24, 2.45) is 11.8 Å². The molecule has 0 radical (unpaired) electrons. The van der Waals surface area contributed by atoms with E-state index in [2.05, 4.69) is 20.7 Å². The topological polar surface area (TPSA) is 92.4 Å². The van der Waals surface area contributed by atoms with Crippen LogP contribution < -0.4 is 10.5 Å². The summed E-state index contributed by atoms with van der Waals surface area (Å²) >= 11 is 3.27. The van der Waals surface area contributed by atoms with Crippen LogP contribution in [0, 0.1) is 18.8 Å². The van der Waals surface area contributed by atoms with Crippen LogP contribution in [-0.2, 0) is 10.0 Å². The average molecular weight is 377 g/mol. The quantitative estimate of drug-likeness (QED) is 0.685. The summed E-state index contributed by atoms with van der Waals surface area (Å²) in [6, 6.07) is 3.25. The van der Waals surface area contributed by atoms with Crippen LogP contribution in [0.1, 0.15) is 24.8 Å². The summed E-state index contributed by atoms with van der Waals surface area (Å²) in [6.45, 7) is 2.18. The van der Waals surface area contributed by atoms with E-state index in [4.69, 9.17) is 5.73 Å². The second kappa shape index (κ2) is 6.64. The molecule has 0 saturated heterocycles. The molecule has 1 aliphatic rings. The minimum Gasteiger partial charge on any atom is -0.398 e. The molecule has 7 heteroatoms. The van der Waals surface area contributed by atoms with Crippen molar-refractivity contribution in [2.75, 3.05) is 18.9 Å². The van der Waals surface area contributed by atoms with Crippen molar-refractivity contribution in [3.05, 3.63) is 22.2 Å². The number of nitrogen functional groups attached to an aromatic ring is 1. The SMILES string of the molecule is Cc1c(N)cc(Br)cc1S(=O)(=O)NCC1CCCC1CO. The number of hydrogen-bond donors (Lipinski definition) is 3. The summed E-state index contributed by atoms with van der Waals surface area (Å²) in [7, 11) is -3.60. The van der Waals surface area contributed by atoms with Gasteiger partial charge in [-0.3, -0.25) is 0 Å². The molecule has 2 unspecified atom stereocenters. The Morgan fingerprint density at radius 1 is 1.38 bits per heavy atom. The van der Waals surface area contributed by atoms with E-state index in [1.807, 2.05) is 0 Å².